The third-order valence-electron chi connectivity index (χ3n) is 3.19. The maximum Gasteiger partial charge on any atom is 0.219 e. The Morgan fingerprint density at radius 1 is 1.24 bits per heavy atom. The van der Waals surface area contributed by atoms with Crippen molar-refractivity contribution in [2.45, 2.75) is 19.9 Å². The van der Waals surface area contributed by atoms with E-state index in [4.69, 9.17) is 0 Å². The van der Waals surface area contributed by atoms with Crippen molar-refractivity contribution < 1.29 is 4.79 Å². The fourth-order valence-corrected chi connectivity index (χ4v) is 2.19. The number of carbonyl (C=O) groups excluding carboxylic acids is 1. The Labute approximate surface area is 102 Å². The number of carbonyl (C=O) groups is 1. The molecule has 2 heterocycles. The van der Waals surface area contributed by atoms with E-state index in [9.17, 15) is 4.79 Å². The van der Waals surface area contributed by atoms with Gasteiger partial charge in [0.1, 0.15) is 0 Å². The summed E-state index contributed by atoms with van der Waals surface area (Å²) in [5.41, 5.74) is 1.29. The number of hydrogen-bond acceptors (Lipinski definition) is 3. The average molecular weight is 233 g/mol. The van der Waals surface area contributed by atoms with Crippen LogP contribution >= 0.6 is 0 Å². The predicted octanol–water partition coefficient (Wildman–Crippen LogP) is 1.14. The molecule has 0 aromatic carbocycles. The van der Waals surface area contributed by atoms with Gasteiger partial charge in [-0.1, -0.05) is 0 Å². The van der Waals surface area contributed by atoms with Crippen LogP contribution in [0, 0.1) is 0 Å². The van der Waals surface area contributed by atoms with Crippen molar-refractivity contribution in [3.8, 4) is 0 Å². The summed E-state index contributed by atoms with van der Waals surface area (Å²) in [4.78, 5) is 19.7. The van der Waals surface area contributed by atoms with E-state index in [0.717, 1.165) is 39.1 Å². The van der Waals surface area contributed by atoms with Crippen LogP contribution < -0.4 is 0 Å². The Morgan fingerprint density at radius 3 is 2.71 bits per heavy atom. The number of aromatic nitrogens is 1. The first-order valence-electron chi connectivity index (χ1n) is 6.12. The first-order chi connectivity index (χ1) is 8.25. The van der Waals surface area contributed by atoms with Crippen molar-refractivity contribution in [1.82, 2.24) is 14.8 Å². The highest BCUT2D eigenvalue weighted by Crippen LogP contribution is 2.08. The van der Waals surface area contributed by atoms with Crippen LogP contribution in [0.2, 0.25) is 0 Å². The van der Waals surface area contributed by atoms with Crippen molar-refractivity contribution in [3.05, 3.63) is 30.1 Å². The van der Waals surface area contributed by atoms with E-state index in [1.54, 1.807) is 6.92 Å². The molecule has 0 bridgehead atoms. The first kappa shape index (κ1) is 12.0. The third-order valence-corrected chi connectivity index (χ3v) is 3.19. The second-order valence-electron chi connectivity index (χ2n) is 4.49. The molecule has 1 fully saturated rings. The van der Waals surface area contributed by atoms with Gasteiger partial charge in [-0.3, -0.25) is 14.7 Å². The molecule has 0 N–H and O–H groups in total. The summed E-state index contributed by atoms with van der Waals surface area (Å²) in [6, 6.07) is 4.10. The molecule has 0 radical (unpaired) electrons. The van der Waals surface area contributed by atoms with Gasteiger partial charge in [-0.25, -0.2) is 0 Å². The SMILES string of the molecule is CC(=O)N1CCCN(Cc2ccncc2)CC1. The van der Waals surface area contributed by atoms with Crippen molar-refractivity contribution in [3.63, 3.8) is 0 Å². The minimum Gasteiger partial charge on any atom is -0.342 e. The Hall–Kier alpha value is -1.42. The van der Waals surface area contributed by atoms with Crippen LogP contribution in [0.4, 0.5) is 0 Å². The van der Waals surface area contributed by atoms with Crippen molar-refractivity contribution in [2.24, 2.45) is 0 Å². The highest BCUT2D eigenvalue weighted by molar-refractivity contribution is 5.73. The lowest BCUT2D eigenvalue weighted by Gasteiger charge is -2.20. The van der Waals surface area contributed by atoms with E-state index in [-0.39, 0.29) is 5.91 Å². The molecular weight excluding hydrogens is 214 g/mol. The minimum atomic E-state index is 0.191. The van der Waals surface area contributed by atoms with Crippen LogP contribution in [-0.4, -0.2) is 46.9 Å². The maximum atomic E-state index is 11.3. The summed E-state index contributed by atoms with van der Waals surface area (Å²) in [6.45, 7) is 6.36. The lowest BCUT2D eigenvalue weighted by atomic mass is 10.2. The summed E-state index contributed by atoms with van der Waals surface area (Å²) in [5, 5.41) is 0. The fourth-order valence-electron chi connectivity index (χ4n) is 2.19. The zero-order valence-corrected chi connectivity index (χ0v) is 10.3. The van der Waals surface area contributed by atoms with E-state index in [2.05, 4.69) is 9.88 Å². The molecule has 4 heteroatoms. The number of hydrogen-bond donors (Lipinski definition) is 0. The highest BCUT2D eigenvalue weighted by atomic mass is 16.2. The molecule has 1 aromatic rings. The lowest BCUT2D eigenvalue weighted by molar-refractivity contribution is -0.128. The average Bonchev–Trinajstić information content (AvgIpc) is 2.56. The molecule has 0 spiro atoms. The summed E-state index contributed by atoms with van der Waals surface area (Å²) >= 11 is 0. The zero-order valence-electron chi connectivity index (χ0n) is 10.3. The standard InChI is InChI=1S/C13H19N3O/c1-12(17)16-8-2-7-15(9-10-16)11-13-3-5-14-6-4-13/h3-6H,2,7-11H2,1H3. The molecule has 2 rings (SSSR count). The van der Waals surface area contributed by atoms with Crippen LogP contribution in [0.25, 0.3) is 0 Å². The van der Waals surface area contributed by atoms with Gasteiger partial charge in [0.25, 0.3) is 0 Å². The van der Waals surface area contributed by atoms with Crippen LogP contribution in [-0.2, 0) is 11.3 Å². The Morgan fingerprint density at radius 2 is 2.00 bits per heavy atom. The van der Waals surface area contributed by atoms with Crippen LogP contribution in [0.1, 0.15) is 18.9 Å². The molecule has 4 nitrogen and oxygen atoms in total. The van der Waals surface area contributed by atoms with Gasteiger partial charge in [0.15, 0.2) is 0 Å². The fraction of sp³-hybridized carbons (Fsp3) is 0.538. The second-order valence-corrected chi connectivity index (χ2v) is 4.49. The van der Waals surface area contributed by atoms with Crippen molar-refractivity contribution >= 4 is 5.91 Å². The third kappa shape index (κ3) is 3.53. The van der Waals surface area contributed by atoms with Crippen LogP contribution in [0.3, 0.4) is 0 Å². The summed E-state index contributed by atoms with van der Waals surface area (Å²) in [6.07, 6.45) is 4.72. The van der Waals surface area contributed by atoms with E-state index in [0.29, 0.717) is 0 Å². The zero-order chi connectivity index (χ0) is 12.1. The minimum absolute atomic E-state index is 0.191. The largest absolute Gasteiger partial charge is 0.342 e. The van der Waals surface area contributed by atoms with E-state index in [1.165, 1.54) is 5.56 Å². The van der Waals surface area contributed by atoms with Gasteiger partial charge in [0, 0.05) is 52.0 Å². The molecule has 1 saturated heterocycles. The van der Waals surface area contributed by atoms with Gasteiger partial charge < -0.3 is 4.90 Å². The highest BCUT2D eigenvalue weighted by Gasteiger charge is 2.16. The van der Waals surface area contributed by atoms with Gasteiger partial charge in [-0.05, 0) is 24.1 Å². The molecular formula is C13H19N3O. The molecule has 1 aromatic heterocycles. The summed E-state index contributed by atoms with van der Waals surface area (Å²) in [7, 11) is 0. The molecule has 1 aliphatic rings. The number of rotatable bonds is 2. The van der Waals surface area contributed by atoms with Gasteiger partial charge in [0.05, 0.1) is 0 Å². The quantitative estimate of drug-likeness (QED) is 0.768. The van der Waals surface area contributed by atoms with Crippen molar-refractivity contribution in [2.75, 3.05) is 26.2 Å². The normalized spacial score (nSPS) is 17.8. The van der Waals surface area contributed by atoms with Crippen molar-refractivity contribution in [1.29, 1.82) is 0 Å². The maximum absolute atomic E-state index is 11.3. The Balaban J connectivity index is 1.89. The van der Waals surface area contributed by atoms with E-state index >= 15 is 0 Å². The predicted molar refractivity (Wildman–Crippen MR) is 66.4 cm³/mol. The Kier molecular flexibility index (Phi) is 4.09. The van der Waals surface area contributed by atoms with Gasteiger partial charge in [-0.15, -0.1) is 0 Å². The smallest absolute Gasteiger partial charge is 0.219 e. The molecule has 92 valence electrons. The Bertz CT molecular complexity index is 366. The summed E-state index contributed by atoms with van der Waals surface area (Å²) < 4.78 is 0. The number of pyridine rings is 1. The molecule has 1 amide bonds. The molecule has 1 aliphatic heterocycles. The van der Waals surface area contributed by atoms with Gasteiger partial charge in [-0.2, -0.15) is 0 Å². The van der Waals surface area contributed by atoms with Gasteiger partial charge >= 0.3 is 0 Å². The van der Waals surface area contributed by atoms with Gasteiger partial charge in [0.2, 0.25) is 5.91 Å². The molecule has 0 atom stereocenters. The lowest BCUT2D eigenvalue weighted by Crippen LogP contribution is -2.33. The van der Waals surface area contributed by atoms with E-state index < -0.39 is 0 Å². The van der Waals surface area contributed by atoms with Crippen LogP contribution in [0.5, 0.6) is 0 Å². The molecule has 0 saturated carbocycles. The monoisotopic (exact) mass is 233 g/mol. The topological polar surface area (TPSA) is 36.4 Å². The number of amides is 1. The first-order valence-corrected chi connectivity index (χ1v) is 6.12. The number of nitrogens with zero attached hydrogens (tertiary/aromatic N) is 3. The molecule has 0 unspecified atom stereocenters. The molecule has 0 aliphatic carbocycles. The molecule has 17 heavy (non-hydrogen) atoms. The second kappa shape index (κ2) is 5.77. The van der Waals surface area contributed by atoms with E-state index in [1.807, 2.05) is 29.4 Å². The van der Waals surface area contributed by atoms with Crippen LogP contribution in [0.15, 0.2) is 24.5 Å². The summed E-state index contributed by atoms with van der Waals surface area (Å²) in [5.74, 6) is 0.191.